The van der Waals surface area contributed by atoms with Gasteiger partial charge < -0.3 is 14.2 Å². The summed E-state index contributed by atoms with van der Waals surface area (Å²) >= 11 is 0. The maximum absolute atomic E-state index is 5.79. The molecule has 90 valence electrons. The molecule has 1 aliphatic rings. The average molecular weight is 232 g/mol. The summed E-state index contributed by atoms with van der Waals surface area (Å²) in [6.45, 7) is 4.26. The largest absolute Gasteiger partial charge is 0.457 e. The highest BCUT2D eigenvalue weighted by Gasteiger charge is 2.25. The molecule has 2 rings (SSSR count). The van der Waals surface area contributed by atoms with Crippen molar-refractivity contribution in [2.45, 2.75) is 25.4 Å². The second kappa shape index (κ2) is 6.11. The average Bonchev–Trinajstić information content (AvgIpc) is 2.89. The van der Waals surface area contributed by atoms with Gasteiger partial charge in [0.1, 0.15) is 18.6 Å². The zero-order chi connectivity index (χ0) is 11.9. The highest BCUT2D eigenvalue weighted by molar-refractivity contribution is 5.13. The predicted molar refractivity (Wildman–Crippen MR) is 64.9 cm³/mol. The van der Waals surface area contributed by atoms with E-state index in [-0.39, 0.29) is 12.4 Å². The molecule has 1 aromatic rings. The van der Waals surface area contributed by atoms with Crippen LogP contribution >= 0.6 is 0 Å². The summed E-state index contributed by atoms with van der Waals surface area (Å²) in [7, 11) is 0. The first-order valence-electron chi connectivity index (χ1n) is 5.62. The SMILES string of the molecule is C=CCC(OCc1ccccc1)C1OC=CO1. The van der Waals surface area contributed by atoms with E-state index in [2.05, 4.69) is 6.58 Å². The molecule has 0 aliphatic carbocycles. The van der Waals surface area contributed by atoms with Crippen LogP contribution in [-0.4, -0.2) is 12.4 Å². The number of ether oxygens (including phenoxy) is 3. The topological polar surface area (TPSA) is 27.7 Å². The zero-order valence-electron chi connectivity index (χ0n) is 9.62. The van der Waals surface area contributed by atoms with Crippen molar-refractivity contribution in [1.82, 2.24) is 0 Å². The molecule has 0 aromatic heterocycles. The van der Waals surface area contributed by atoms with Crippen LogP contribution in [0.3, 0.4) is 0 Å². The second-order valence-corrected chi connectivity index (χ2v) is 3.77. The molecule has 0 saturated carbocycles. The Morgan fingerprint density at radius 2 is 1.94 bits per heavy atom. The van der Waals surface area contributed by atoms with Gasteiger partial charge in [-0.15, -0.1) is 6.58 Å². The summed E-state index contributed by atoms with van der Waals surface area (Å²) < 4.78 is 16.4. The fraction of sp³-hybridized carbons (Fsp3) is 0.286. The van der Waals surface area contributed by atoms with Crippen LogP contribution in [0.1, 0.15) is 12.0 Å². The normalized spacial score (nSPS) is 16.2. The molecule has 0 radical (unpaired) electrons. The van der Waals surface area contributed by atoms with E-state index < -0.39 is 0 Å². The maximum atomic E-state index is 5.79. The molecular formula is C14H16O3. The predicted octanol–water partition coefficient (Wildman–Crippen LogP) is 2.99. The Kier molecular flexibility index (Phi) is 4.22. The van der Waals surface area contributed by atoms with Gasteiger partial charge in [0.05, 0.1) is 6.61 Å². The van der Waals surface area contributed by atoms with E-state index in [4.69, 9.17) is 14.2 Å². The van der Waals surface area contributed by atoms with Gasteiger partial charge in [-0.2, -0.15) is 0 Å². The van der Waals surface area contributed by atoms with Gasteiger partial charge in [-0.3, -0.25) is 0 Å². The molecule has 1 heterocycles. The van der Waals surface area contributed by atoms with Crippen molar-refractivity contribution in [3.8, 4) is 0 Å². The number of benzene rings is 1. The maximum Gasteiger partial charge on any atom is 0.266 e. The summed E-state index contributed by atoms with van der Waals surface area (Å²) in [6.07, 6.45) is 5.07. The summed E-state index contributed by atoms with van der Waals surface area (Å²) in [5, 5.41) is 0. The summed E-state index contributed by atoms with van der Waals surface area (Å²) in [6, 6.07) is 10.0. The van der Waals surface area contributed by atoms with Crippen LogP contribution in [0.15, 0.2) is 55.5 Å². The molecule has 1 unspecified atom stereocenters. The van der Waals surface area contributed by atoms with Gasteiger partial charge in [-0.25, -0.2) is 0 Å². The van der Waals surface area contributed by atoms with Gasteiger partial charge in [-0.1, -0.05) is 36.4 Å². The van der Waals surface area contributed by atoms with E-state index in [1.807, 2.05) is 30.3 Å². The first kappa shape index (κ1) is 11.7. The summed E-state index contributed by atoms with van der Waals surface area (Å²) in [5.74, 6) is 0. The summed E-state index contributed by atoms with van der Waals surface area (Å²) in [4.78, 5) is 0. The van der Waals surface area contributed by atoms with Crippen LogP contribution in [0, 0.1) is 0 Å². The molecule has 0 fully saturated rings. The minimum absolute atomic E-state index is 0.136. The van der Waals surface area contributed by atoms with Crippen LogP contribution < -0.4 is 0 Å². The molecule has 0 N–H and O–H groups in total. The van der Waals surface area contributed by atoms with Crippen LogP contribution in [0.2, 0.25) is 0 Å². The lowest BCUT2D eigenvalue weighted by atomic mass is 10.2. The lowest BCUT2D eigenvalue weighted by molar-refractivity contribution is -0.135. The van der Waals surface area contributed by atoms with Gasteiger partial charge in [0, 0.05) is 0 Å². The Labute approximate surface area is 101 Å². The highest BCUT2D eigenvalue weighted by atomic mass is 16.7. The Bertz CT molecular complexity index is 364. The van der Waals surface area contributed by atoms with Crippen LogP contribution in [0.4, 0.5) is 0 Å². The molecule has 17 heavy (non-hydrogen) atoms. The van der Waals surface area contributed by atoms with Crippen molar-refractivity contribution >= 4 is 0 Å². The Morgan fingerprint density at radius 3 is 2.59 bits per heavy atom. The van der Waals surface area contributed by atoms with Crippen LogP contribution in [-0.2, 0) is 20.8 Å². The van der Waals surface area contributed by atoms with E-state index in [0.29, 0.717) is 13.0 Å². The van der Waals surface area contributed by atoms with E-state index in [1.54, 1.807) is 6.08 Å². The number of rotatable bonds is 6. The van der Waals surface area contributed by atoms with Crippen molar-refractivity contribution in [3.05, 3.63) is 61.1 Å². The Balaban J connectivity index is 1.87. The summed E-state index contributed by atoms with van der Waals surface area (Å²) in [5.41, 5.74) is 1.13. The molecule has 1 aromatic carbocycles. The van der Waals surface area contributed by atoms with E-state index in [1.165, 1.54) is 12.5 Å². The van der Waals surface area contributed by atoms with Crippen molar-refractivity contribution in [3.63, 3.8) is 0 Å². The van der Waals surface area contributed by atoms with Crippen molar-refractivity contribution < 1.29 is 14.2 Å². The van der Waals surface area contributed by atoms with Crippen molar-refractivity contribution in [2.75, 3.05) is 0 Å². The molecule has 1 aliphatic heterocycles. The van der Waals surface area contributed by atoms with Crippen LogP contribution in [0.5, 0.6) is 0 Å². The molecular weight excluding hydrogens is 216 g/mol. The molecule has 0 amide bonds. The smallest absolute Gasteiger partial charge is 0.266 e. The standard InChI is InChI=1S/C14H16O3/c1-2-6-13(14-15-9-10-16-14)17-11-12-7-4-3-5-8-12/h2-5,7-10,13-14H,1,6,11H2. The van der Waals surface area contributed by atoms with Gasteiger partial charge in [-0.05, 0) is 12.0 Å². The first-order chi connectivity index (χ1) is 8.40. The highest BCUT2D eigenvalue weighted by Crippen LogP contribution is 2.17. The monoisotopic (exact) mass is 232 g/mol. The van der Waals surface area contributed by atoms with Crippen molar-refractivity contribution in [1.29, 1.82) is 0 Å². The fourth-order valence-electron chi connectivity index (χ4n) is 1.63. The third-order valence-corrected chi connectivity index (χ3v) is 2.49. The van der Waals surface area contributed by atoms with E-state index >= 15 is 0 Å². The molecule has 3 heteroatoms. The third kappa shape index (κ3) is 3.36. The van der Waals surface area contributed by atoms with Crippen molar-refractivity contribution in [2.24, 2.45) is 0 Å². The number of hydrogen-bond donors (Lipinski definition) is 0. The quantitative estimate of drug-likeness (QED) is 0.706. The molecule has 3 nitrogen and oxygen atoms in total. The molecule has 0 bridgehead atoms. The van der Waals surface area contributed by atoms with Crippen LogP contribution in [0.25, 0.3) is 0 Å². The second-order valence-electron chi connectivity index (χ2n) is 3.77. The zero-order valence-corrected chi connectivity index (χ0v) is 9.62. The van der Waals surface area contributed by atoms with Gasteiger partial charge in [0.2, 0.25) is 0 Å². The molecule has 0 spiro atoms. The lowest BCUT2D eigenvalue weighted by Gasteiger charge is -2.21. The van der Waals surface area contributed by atoms with Gasteiger partial charge in [0.15, 0.2) is 0 Å². The number of hydrogen-bond acceptors (Lipinski definition) is 3. The molecule has 0 saturated heterocycles. The van der Waals surface area contributed by atoms with Gasteiger partial charge in [0.25, 0.3) is 6.29 Å². The Morgan fingerprint density at radius 1 is 1.24 bits per heavy atom. The minimum Gasteiger partial charge on any atom is -0.457 e. The minimum atomic E-state index is -0.364. The third-order valence-electron chi connectivity index (χ3n) is 2.49. The molecule has 1 atom stereocenters. The Hall–Kier alpha value is -1.74. The first-order valence-corrected chi connectivity index (χ1v) is 5.62. The van der Waals surface area contributed by atoms with Gasteiger partial charge >= 0.3 is 0 Å². The van der Waals surface area contributed by atoms with E-state index in [9.17, 15) is 0 Å². The van der Waals surface area contributed by atoms with E-state index in [0.717, 1.165) is 5.56 Å². The fourth-order valence-corrected chi connectivity index (χ4v) is 1.63. The lowest BCUT2D eigenvalue weighted by Crippen LogP contribution is -2.29.